The standard InChI is InChI=1S/C22H20FNO2/c23-20-12-6-4-10-18(20)14-15-24-22(25)16-26-21-13-7-5-11-19(21)17-8-2-1-3-9-17/h1-13H,14-16H2,(H,24,25). The van der Waals surface area contributed by atoms with Gasteiger partial charge in [0.25, 0.3) is 5.91 Å². The molecule has 0 aliphatic carbocycles. The van der Waals surface area contributed by atoms with Crippen LogP contribution in [0.5, 0.6) is 5.75 Å². The van der Waals surface area contributed by atoms with Crippen LogP contribution in [0, 0.1) is 5.82 Å². The van der Waals surface area contributed by atoms with Crippen LogP contribution in [0.1, 0.15) is 5.56 Å². The molecular weight excluding hydrogens is 329 g/mol. The van der Waals surface area contributed by atoms with Crippen molar-refractivity contribution in [3.05, 3.63) is 90.2 Å². The molecule has 0 saturated carbocycles. The van der Waals surface area contributed by atoms with E-state index >= 15 is 0 Å². The van der Waals surface area contributed by atoms with E-state index in [-0.39, 0.29) is 18.3 Å². The van der Waals surface area contributed by atoms with E-state index < -0.39 is 0 Å². The topological polar surface area (TPSA) is 38.3 Å². The lowest BCUT2D eigenvalue weighted by molar-refractivity contribution is -0.123. The Kier molecular flexibility index (Phi) is 5.99. The molecule has 4 heteroatoms. The largest absolute Gasteiger partial charge is 0.483 e. The molecule has 0 aliphatic heterocycles. The number of carbonyl (C=O) groups is 1. The van der Waals surface area contributed by atoms with Gasteiger partial charge in [-0.05, 0) is 29.7 Å². The molecule has 3 aromatic rings. The molecule has 0 unspecified atom stereocenters. The van der Waals surface area contributed by atoms with E-state index in [2.05, 4.69) is 5.32 Å². The molecule has 0 aromatic heterocycles. The third-order valence-electron chi connectivity index (χ3n) is 4.00. The molecule has 1 N–H and O–H groups in total. The minimum atomic E-state index is -0.255. The van der Waals surface area contributed by atoms with Gasteiger partial charge in [-0.15, -0.1) is 0 Å². The van der Waals surface area contributed by atoms with E-state index in [1.165, 1.54) is 6.07 Å². The smallest absolute Gasteiger partial charge is 0.257 e. The Morgan fingerprint density at radius 1 is 0.885 bits per heavy atom. The first-order chi connectivity index (χ1) is 12.7. The summed E-state index contributed by atoms with van der Waals surface area (Å²) in [5, 5.41) is 2.76. The molecule has 3 rings (SSSR count). The summed E-state index contributed by atoms with van der Waals surface area (Å²) in [5.41, 5.74) is 2.55. The van der Waals surface area contributed by atoms with Crippen molar-refractivity contribution in [1.82, 2.24) is 5.32 Å². The Morgan fingerprint density at radius 2 is 1.58 bits per heavy atom. The van der Waals surface area contributed by atoms with Crippen molar-refractivity contribution in [2.75, 3.05) is 13.2 Å². The van der Waals surface area contributed by atoms with Crippen molar-refractivity contribution in [2.24, 2.45) is 0 Å². The molecule has 1 amide bonds. The first kappa shape index (κ1) is 17.7. The lowest BCUT2D eigenvalue weighted by Gasteiger charge is -2.12. The first-order valence-corrected chi connectivity index (χ1v) is 8.51. The number of hydrogen-bond acceptors (Lipinski definition) is 2. The van der Waals surface area contributed by atoms with Crippen molar-refractivity contribution >= 4 is 5.91 Å². The van der Waals surface area contributed by atoms with Crippen LogP contribution in [-0.4, -0.2) is 19.1 Å². The molecule has 3 nitrogen and oxygen atoms in total. The van der Waals surface area contributed by atoms with Crippen LogP contribution in [0.25, 0.3) is 11.1 Å². The Hall–Kier alpha value is -3.14. The van der Waals surface area contributed by atoms with Crippen LogP contribution in [0.2, 0.25) is 0 Å². The highest BCUT2D eigenvalue weighted by Gasteiger charge is 2.08. The Balaban J connectivity index is 1.53. The number of nitrogens with one attached hydrogen (secondary N) is 1. The van der Waals surface area contributed by atoms with Gasteiger partial charge in [0.15, 0.2) is 6.61 Å². The summed E-state index contributed by atoms with van der Waals surface area (Å²) in [7, 11) is 0. The molecule has 0 fully saturated rings. The van der Waals surface area contributed by atoms with Crippen molar-refractivity contribution in [1.29, 1.82) is 0 Å². The van der Waals surface area contributed by atoms with Gasteiger partial charge in [-0.1, -0.05) is 66.7 Å². The van der Waals surface area contributed by atoms with Gasteiger partial charge in [0.1, 0.15) is 11.6 Å². The van der Waals surface area contributed by atoms with Crippen LogP contribution in [0.3, 0.4) is 0 Å². The molecule has 132 valence electrons. The lowest BCUT2D eigenvalue weighted by Crippen LogP contribution is -2.30. The molecule has 0 radical (unpaired) electrons. The van der Waals surface area contributed by atoms with Crippen molar-refractivity contribution < 1.29 is 13.9 Å². The normalized spacial score (nSPS) is 10.3. The Labute approximate surface area is 152 Å². The fraction of sp³-hybridized carbons (Fsp3) is 0.136. The maximum Gasteiger partial charge on any atom is 0.257 e. The van der Waals surface area contributed by atoms with Crippen LogP contribution >= 0.6 is 0 Å². The SMILES string of the molecule is O=C(COc1ccccc1-c1ccccc1)NCCc1ccccc1F. The molecular formula is C22H20FNO2. The van der Waals surface area contributed by atoms with Gasteiger partial charge >= 0.3 is 0 Å². The summed E-state index contributed by atoms with van der Waals surface area (Å²) in [6.07, 6.45) is 0.443. The van der Waals surface area contributed by atoms with Gasteiger partial charge in [0.05, 0.1) is 0 Å². The van der Waals surface area contributed by atoms with Gasteiger partial charge in [-0.2, -0.15) is 0 Å². The maximum atomic E-state index is 13.6. The number of amides is 1. The fourth-order valence-corrected chi connectivity index (χ4v) is 2.68. The maximum absolute atomic E-state index is 13.6. The van der Waals surface area contributed by atoms with E-state index in [1.807, 2.05) is 54.6 Å². The molecule has 26 heavy (non-hydrogen) atoms. The van der Waals surface area contributed by atoms with Gasteiger partial charge in [0.2, 0.25) is 0 Å². The molecule has 0 spiro atoms. The second-order valence-electron chi connectivity index (χ2n) is 5.84. The molecule has 3 aromatic carbocycles. The van der Waals surface area contributed by atoms with Crippen molar-refractivity contribution in [3.63, 3.8) is 0 Å². The zero-order chi connectivity index (χ0) is 18.2. The first-order valence-electron chi connectivity index (χ1n) is 8.51. The van der Waals surface area contributed by atoms with E-state index in [0.29, 0.717) is 24.3 Å². The van der Waals surface area contributed by atoms with Crippen molar-refractivity contribution in [2.45, 2.75) is 6.42 Å². The molecule has 0 atom stereocenters. The number of hydrogen-bond donors (Lipinski definition) is 1. The summed E-state index contributed by atoms with van der Waals surface area (Å²) in [6, 6.07) is 24.0. The highest BCUT2D eigenvalue weighted by Crippen LogP contribution is 2.29. The zero-order valence-corrected chi connectivity index (χ0v) is 14.3. The van der Waals surface area contributed by atoms with Crippen LogP contribution in [0.15, 0.2) is 78.9 Å². The second-order valence-corrected chi connectivity index (χ2v) is 5.84. The predicted octanol–water partition coefficient (Wildman–Crippen LogP) is 4.23. The summed E-state index contributed by atoms with van der Waals surface area (Å²) in [6.45, 7) is 0.282. The minimum Gasteiger partial charge on any atom is -0.483 e. The predicted molar refractivity (Wildman–Crippen MR) is 100 cm³/mol. The highest BCUT2D eigenvalue weighted by atomic mass is 19.1. The van der Waals surface area contributed by atoms with Crippen LogP contribution in [-0.2, 0) is 11.2 Å². The lowest BCUT2D eigenvalue weighted by atomic mass is 10.1. The monoisotopic (exact) mass is 349 g/mol. The number of para-hydroxylation sites is 1. The molecule has 0 saturated heterocycles. The highest BCUT2D eigenvalue weighted by molar-refractivity contribution is 5.78. The molecule has 0 heterocycles. The average molecular weight is 349 g/mol. The fourth-order valence-electron chi connectivity index (χ4n) is 2.68. The van der Waals surface area contributed by atoms with Crippen LogP contribution in [0.4, 0.5) is 4.39 Å². The van der Waals surface area contributed by atoms with Crippen LogP contribution < -0.4 is 10.1 Å². The minimum absolute atomic E-state index is 0.0822. The van der Waals surface area contributed by atoms with Gasteiger partial charge in [-0.25, -0.2) is 4.39 Å². The summed E-state index contributed by atoms with van der Waals surface area (Å²) in [4.78, 5) is 12.0. The summed E-state index contributed by atoms with van der Waals surface area (Å²) >= 11 is 0. The van der Waals surface area contributed by atoms with Gasteiger partial charge in [0, 0.05) is 12.1 Å². The van der Waals surface area contributed by atoms with E-state index in [0.717, 1.165) is 11.1 Å². The van der Waals surface area contributed by atoms with E-state index in [1.54, 1.807) is 18.2 Å². The molecule has 0 aliphatic rings. The van der Waals surface area contributed by atoms with Crippen molar-refractivity contribution in [3.8, 4) is 16.9 Å². The quantitative estimate of drug-likeness (QED) is 0.693. The summed E-state index contributed by atoms with van der Waals surface area (Å²) in [5.74, 6) is 0.168. The second kappa shape index (κ2) is 8.81. The Morgan fingerprint density at radius 3 is 2.38 bits per heavy atom. The number of rotatable bonds is 7. The zero-order valence-electron chi connectivity index (χ0n) is 14.3. The van der Waals surface area contributed by atoms with E-state index in [4.69, 9.17) is 4.74 Å². The number of benzene rings is 3. The van der Waals surface area contributed by atoms with E-state index in [9.17, 15) is 9.18 Å². The third-order valence-corrected chi connectivity index (χ3v) is 4.00. The number of carbonyl (C=O) groups excluding carboxylic acids is 1. The number of halogens is 1. The third kappa shape index (κ3) is 4.70. The number of ether oxygens (including phenoxy) is 1. The van der Waals surface area contributed by atoms with Gasteiger partial charge in [-0.3, -0.25) is 4.79 Å². The Bertz CT molecular complexity index is 865. The average Bonchev–Trinajstić information content (AvgIpc) is 2.69. The molecule has 0 bridgehead atoms. The van der Waals surface area contributed by atoms with Gasteiger partial charge < -0.3 is 10.1 Å². The summed E-state index contributed by atoms with van der Waals surface area (Å²) < 4.78 is 19.2.